The highest BCUT2D eigenvalue weighted by Crippen LogP contribution is 2.27. The molecule has 0 spiro atoms. The zero-order valence-electron chi connectivity index (χ0n) is 15.8. The largest absolute Gasteiger partial charge is 0.444 e. The zero-order chi connectivity index (χ0) is 19.2. The second kappa shape index (κ2) is 6.48. The van der Waals surface area contributed by atoms with E-state index in [1.807, 2.05) is 31.5 Å². The predicted octanol–water partition coefficient (Wildman–Crippen LogP) is 3.53. The molecule has 0 radical (unpaired) electrons. The zero-order valence-corrected chi connectivity index (χ0v) is 15.8. The number of benzene rings is 1. The first-order valence-corrected chi connectivity index (χ1v) is 9.22. The number of hydrogen-bond donors (Lipinski definition) is 0. The summed E-state index contributed by atoms with van der Waals surface area (Å²) in [5.74, 6) is 1.35. The standard InChI is InChI=1S/C20H23FN4O2/c1-20(2,3)27-19(26)24-10-8-13(9-11-24)18-22-17-7-4-14-12-15(21)5-6-16(14)25(17)23-18/h5-6,8,12H,4,7,9-11H2,1-3H3. The van der Waals surface area contributed by atoms with Crippen LogP contribution >= 0.6 is 0 Å². The Morgan fingerprint density at radius 3 is 2.74 bits per heavy atom. The topological polar surface area (TPSA) is 60.2 Å². The van der Waals surface area contributed by atoms with E-state index in [4.69, 9.17) is 4.74 Å². The van der Waals surface area contributed by atoms with Crippen LogP contribution in [0, 0.1) is 5.82 Å². The van der Waals surface area contributed by atoms with Gasteiger partial charge in [-0.1, -0.05) is 6.08 Å². The molecule has 3 heterocycles. The van der Waals surface area contributed by atoms with Gasteiger partial charge in [-0.3, -0.25) is 0 Å². The van der Waals surface area contributed by atoms with Gasteiger partial charge in [0.05, 0.1) is 5.69 Å². The van der Waals surface area contributed by atoms with Gasteiger partial charge >= 0.3 is 6.09 Å². The van der Waals surface area contributed by atoms with Crippen molar-refractivity contribution in [2.75, 3.05) is 13.1 Å². The van der Waals surface area contributed by atoms with E-state index in [1.54, 1.807) is 17.0 Å². The fourth-order valence-corrected chi connectivity index (χ4v) is 3.41. The van der Waals surface area contributed by atoms with Gasteiger partial charge in [0, 0.05) is 19.5 Å². The van der Waals surface area contributed by atoms with Crippen LogP contribution in [0.2, 0.25) is 0 Å². The third-order valence-corrected chi connectivity index (χ3v) is 4.71. The Hall–Kier alpha value is -2.70. The summed E-state index contributed by atoms with van der Waals surface area (Å²) in [4.78, 5) is 18.6. The van der Waals surface area contributed by atoms with Gasteiger partial charge in [-0.05, 0) is 62.9 Å². The van der Waals surface area contributed by atoms with Crippen LogP contribution in [0.15, 0.2) is 24.3 Å². The van der Waals surface area contributed by atoms with E-state index in [-0.39, 0.29) is 11.9 Å². The number of aryl methyl sites for hydroxylation is 2. The molecule has 0 fully saturated rings. The Labute approximate surface area is 157 Å². The third-order valence-electron chi connectivity index (χ3n) is 4.71. The van der Waals surface area contributed by atoms with Crippen molar-refractivity contribution in [3.05, 3.63) is 47.3 Å². The molecule has 1 aromatic carbocycles. The first-order chi connectivity index (χ1) is 12.8. The summed E-state index contributed by atoms with van der Waals surface area (Å²) in [6, 6.07) is 4.78. The Bertz CT molecular complexity index is 927. The van der Waals surface area contributed by atoms with Crippen molar-refractivity contribution in [2.45, 2.75) is 45.6 Å². The number of amides is 1. The van der Waals surface area contributed by atoms with Gasteiger partial charge in [-0.2, -0.15) is 0 Å². The molecule has 27 heavy (non-hydrogen) atoms. The molecule has 2 aliphatic heterocycles. The SMILES string of the molecule is CC(C)(C)OC(=O)N1CC=C(c2nc3n(n2)-c2ccc(F)cc2CC3)CC1. The molecule has 7 heteroatoms. The van der Waals surface area contributed by atoms with Crippen LogP contribution in [0.4, 0.5) is 9.18 Å². The lowest BCUT2D eigenvalue weighted by Gasteiger charge is -2.29. The van der Waals surface area contributed by atoms with Crippen molar-refractivity contribution in [3.8, 4) is 5.69 Å². The Kier molecular flexibility index (Phi) is 4.25. The summed E-state index contributed by atoms with van der Waals surface area (Å²) in [5, 5.41) is 4.65. The summed E-state index contributed by atoms with van der Waals surface area (Å²) < 4.78 is 20.7. The molecule has 0 unspecified atom stereocenters. The lowest BCUT2D eigenvalue weighted by Crippen LogP contribution is -2.39. The summed E-state index contributed by atoms with van der Waals surface area (Å²) in [5.41, 5.74) is 2.37. The van der Waals surface area contributed by atoms with E-state index in [1.165, 1.54) is 6.07 Å². The summed E-state index contributed by atoms with van der Waals surface area (Å²) >= 11 is 0. The number of nitrogens with zero attached hydrogens (tertiary/aromatic N) is 4. The highest BCUT2D eigenvalue weighted by Gasteiger charge is 2.26. The van der Waals surface area contributed by atoms with Gasteiger partial charge in [0.15, 0.2) is 5.82 Å². The molecule has 0 saturated carbocycles. The summed E-state index contributed by atoms with van der Waals surface area (Å²) in [6.45, 7) is 6.64. The number of carbonyl (C=O) groups excluding carboxylic acids is 1. The van der Waals surface area contributed by atoms with Gasteiger partial charge in [0.25, 0.3) is 0 Å². The lowest BCUT2D eigenvalue weighted by molar-refractivity contribution is 0.0270. The monoisotopic (exact) mass is 370 g/mol. The third kappa shape index (κ3) is 3.59. The average molecular weight is 370 g/mol. The van der Waals surface area contributed by atoms with Crippen LogP contribution in [0.1, 0.15) is 44.4 Å². The van der Waals surface area contributed by atoms with E-state index < -0.39 is 5.60 Å². The molecular weight excluding hydrogens is 347 g/mol. The van der Waals surface area contributed by atoms with Gasteiger partial charge in [-0.25, -0.2) is 18.9 Å². The fraction of sp³-hybridized carbons (Fsp3) is 0.450. The maximum atomic E-state index is 13.5. The maximum absolute atomic E-state index is 13.5. The highest BCUT2D eigenvalue weighted by molar-refractivity contribution is 5.71. The Morgan fingerprint density at radius 2 is 2.04 bits per heavy atom. The molecule has 1 aromatic heterocycles. The second-order valence-corrected chi connectivity index (χ2v) is 7.94. The molecule has 6 nitrogen and oxygen atoms in total. The van der Waals surface area contributed by atoms with Gasteiger partial charge in [0.2, 0.25) is 0 Å². The quantitative estimate of drug-likeness (QED) is 0.771. The molecule has 0 saturated heterocycles. The molecule has 2 aliphatic rings. The number of halogens is 1. The molecule has 1 amide bonds. The van der Waals surface area contributed by atoms with Crippen LogP contribution in [-0.2, 0) is 17.6 Å². The van der Waals surface area contributed by atoms with Crippen molar-refractivity contribution in [3.63, 3.8) is 0 Å². The van der Waals surface area contributed by atoms with Crippen LogP contribution in [0.3, 0.4) is 0 Å². The van der Waals surface area contributed by atoms with E-state index in [0.29, 0.717) is 25.3 Å². The Balaban J connectivity index is 1.53. The number of rotatable bonds is 1. The van der Waals surface area contributed by atoms with E-state index in [9.17, 15) is 9.18 Å². The van der Waals surface area contributed by atoms with E-state index in [0.717, 1.165) is 35.5 Å². The van der Waals surface area contributed by atoms with Gasteiger partial charge < -0.3 is 9.64 Å². The van der Waals surface area contributed by atoms with Crippen LogP contribution in [0.5, 0.6) is 0 Å². The van der Waals surface area contributed by atoms with Crippen LogP contribution < -0.4 is 0 Å². The molecule has 0 aliphatic carbocycles. The van der Waals surface area contributed by atoms with Crippen LogP contribution in [-0.4, -0.2) is 44.4 Å². The van der Waals surface area contributed by atoms with E-state index in [2.05, 4.69) is 10.1 Å². The molecule has 4 rings (SSSR count). The normalized spacial score (nSPS) is 16.4. The minimum atomic E-state index is -0.502. The minimum Gasteiger partial charge on any atom is -0.444 e. The predicted molar refractivity (Wildman–Crippen MR) is 99.1 cm³/mol. The van der Waals surface area contributed by atoms with E-state index >= 15 is 0 Å². The first-order valence-electron chi connectivity index (χ1n) is 9.22. The molecular formula is C20H23FN4O2. The summed E-state index contributed by atoms with van der Waals surface area (Å²) in [6.07, 6.45) is 3.86. The second-order valence-electron chi connectivity index (χ2n) is 7.94. The van der Waals surface area contributed by atoms with Crippen molar-refractivity contribution in [2.24, 2.45) is 0 Å². The number of carbonyl (C=O) groups is 1. The number of hydrogen-bond acceptors (Lipinski definition) is 4. The lowest BCUT2D eigenvalue weighted by atomic mass is 10.0. The smallest absolute Gasteiger partial charge is 0.410 e. The number of ether oxygens (including phenoxy) is 1. The van der Waals surface area contributed by atoms with Crippen molar-refractivity contribution < 1.29 is 13.9 Å². The maximum Gasteiger partial charge on any atom is 0.410 e. The average Bonchev–Trinajstić information content (AvgIpc) is 3.04. The highest BCUT2D eigenvalue weighted by atomic mass is 19.1. The van der Waals surface area contributed by atoms with Crippen molar-refractivity contribution >= 4 is 11.7 Å². The molecule has 142 valence electrons. The molecule has 0 N–H and O–H groups in total. The number of aromatic nitrogens is 3. The van der Waals surface area contributed by atoms with Crippen LogP contribution in [0.25, 0.3) is 11.3 Å². The minimum absolute atomic E-state index is 0.227. The molecule has 2 aromatic rings. The Morgan fingerprint density at radius 1 is 1.22 bits per heavy atom. The molecule has 0 bridgehead atoms. The van der Waals surface area contributed by atoms with Gasteiger partial charge in [0.1, 0.15) is 17.2 Å². The fourth-order valence-electron chi connectivity index (χ4n) is 3.41. The van der Waals surface area contributed by atoms with Crippen molar-refractivity contribution in [1.29, 1.82) is 0 Å². The first kappa shape index (κ1) is 17.7. The number of fused-ring (bicyclic) bond motifs is 3. The molecule has 0 atom stereocenters. The van der Waals surface area contributed by atoms with Crippen molar-refractivity contribution in [1.82, 2.24) is 19.7 Å². The summed E-state index contributed by atoms with van der Waals surface area (Å²) in [7, 11) is 0. The van der Waals surface area contributed by atoms with Gasteiger partial charge in [-0.15, -0.1) is 5.10 Å².